The Balaban J connectivity index is 3.37. The van der Waals surface area contributed by atoms with E-state index < -0.39 is 37.6 Å². The van der Waals surface area contributed by atoms with E-state index >= 15 is 0 Å². The van der Waals surface area contributed by atoms with Gasteiger partial charge in [0.05, 0.1) is 15.3 Å². The highest BCUT2D eigenvalue weighted by Crippen LogP contribution is 2.13. The van der Waals surface area contributed by atoms with Crippen LogP contribution in [0, 0.1) is 0 Å². The summed E-state index contributed by atoms with van der Waals surface area (Å²) < 4.78 is 59.9. The van der Waals surface area contributed by atoms with Gasteiger partial charge >= 0.3 is 0 Å². The van der Waals surface area contributed by atoms with Crippen LogP contribution in [0.4, 0.5) is 0 Å². The smallest absolute Gasteiger partial charge is 0.179 e. The van der Waals surface area contributed by atoms with Crippen LogP contribution in [0.15, 0.2) is 24.3 Å². The lowest BCUT2D eigenvalue weighted by Crippen LogP contribution is -2.50. The minimum atomic E-state index is -3.67. The molecule has 1 rings (SSSR count). The van der Waals surface area contributed by atoms with E-state index in [-0.39, 0.29) is 10.6 Å². The van der Waals surface area contributed by atoms with Gasteiger partial charge in [-0.25, -0.2) is 0 Å². The molecule has 0 amide bonds. The zero-order chi connectivity index (χ0) is 19.8. The number of aliphatic hydroxyl groups is 1. The molecule has 0 aliphatic heterocycles. The number of carbonyl (C=O) groups is 1. The van der Waals surface area contributed by atoms with Crippen LogP contribution in [0.1, 0.15) is 42.0 Å². The SMILES string of the molecule is [2H]C([2H])([2H])C(NC(C)C(=O)c1cccc(Cl)c1)(C([2H])([2H])[2H])C([2H])([2H])O. The minimum Gasteiger partial charge on any atom is -0.394 e. The fourth-order valence-corrected chi connectivity index (χ4v) is 1.50. The summed E-state index contributed by atoms with van der Waals surface area (Å²) in [5.41, 5.74) is -3.29. The molecule has 0 aromatic heterocycles. The van der Waals surface area contributed by atoms with E-state index in [0.717, 1.165) is 0 Å². The Labute approximate surface area is 118 Å². The predicted molar refractivity (Wildman–Crippen MR) is 69.5 cm³/mol. The van der Waals surface area contributed by atoms with Crippen LogP contribution in [0.2, 0.25) is 5.02 Å². The van der Waals surface area contributed by atoms with Crippen LogP contribution in [0.5, 0.6) is 0 Å². The van der Waals surface area contributed by atoms with Gasteiger partial charge in [-0.3, -0.25) is 4.79 Å². The van der Waals surface area contributed by atoms with Crippen molar-refractivity contribution >= 4 is 17.4 Å². The standard InChI is InChI=1S/C13H18ClNO2/c1-9(15-13(2,3)8-16)12(17)10-5-4-6-11(14)7-10/h4-7,9,15-16H,8H2,1-3H3/i2D3,3D3,8D2. The first-order valence-electron chi connectivity index (χ1n) is 8.84. The Hall–Kier alpha value is -0.900. The van der Waals surface area contributed by atoms with Crippen molar-refractivity contribution in [3.63, 3.8) is 0 Å². The summed E-state index contributed by atoms with van der Waals surface area (Å²) in [6, 6.07) is 4.27. The summed E-state index contributed by atoms with van der Waals surface area (Å²) in [6.45, 7) is -9.47. The summed E-state index contributed by atoms with van der Waals surface area (Å²) in [7, 11) is 0. The van der Waals surface area contributed by atoms with Crippen LogP contribution >= 0.6 is 11.6 Å². The zero-order valence-electron chi connectivity index (χ0n) is 17.1. The molecule has 0 bridgehead atoms. The van der Waals surface area contributed by atoms with Gasteiger partial charge < -0.3 is 10.4 Å². The number of hydrogen-bond donors (Lipinski definition) is 2. The predicted octanol–water partition coefficient (Wildman–Crippen LogP) is 2.27. The lowest BCUT2D eigenvalue weighted by atomic mass is 10.0. The first-order chi connectivity index (χ1) is 11.0. The second kappa shape index (κ2) is 5.63. The molecule has 94 valence electrons. The molecule has 17 heavy (non-hydrogen) atoms. The van der Waals surface area contributed by atoms with Crippen LogP contribution in [-0.4, -0.2) is 29.0 Å². The number of halogens is 1. The molecule has 0 aliphatic rings. The van der Waals surface area contributed by atoms with Crippen molar-refractivity contribution in [2.45, 2.75) is 32.2 Å². The fourth-order valence-electron chi connectivity index (χ4n) is 1.31. The molecular weight excluding hydrogens is 238 g/mol. The summed E-state index contributed by atoms with van der Waals surface area (Å²) in [6.07, 6.45) is 0. The van der Waals surface area contributed by atoms with Crippen molar-refractivity contribution in [2.24, 2.45) is 0 Å². The molecule has 2 N–H and O–H groups in total. The Morgan fingerprint density at radius 3 is 2.94 bits per heavy atom. The van der Waals surface area contributed by atoms with E-state index in [2.05, 4.69) is 0 Å². The molecule has 4 heteroatoms. The molecule has 1 atom stereocenters. The van der Waals surface area contributed by atoms with E-state index in [1.807, 2.05) is 5.32 Å². The third-order valence-corrected chi connectivity index (χ3v) is 2.34. The lowest BCUT2D eigenvalue weighted by molar-refractivity contribution is 0.0911. The maximum atomic E-state index is 12.5. The van der Waals surface area contributed by atoms with Crippen molar-refractivity contribution in [1.82, 2.24) is 5.32 Å². The maximum Gasteiger partial charge on any atom is 0.179 e. The summed E-state index contributed by atoms with van der Waals surface area (Å²) >= 11 is 5.79. The number of Topliss-reactive ketones (excluding diaryl/α,β-unsaturated/α-hetero) is 1. The van der Waals surface area contributed by atoms with Crippen LogP contribution in [-0.2, 0) is 0 Å². The van der Waals surface area contributed by atoms with Crippen molar-refractivity contribution in [3.05, 3.63) is 34.9 Å². The number of hydrogen-bond acceptors (Lipinski definition) is 3. The molecule has 1 unspecified atom stereocenters. The van der Waals surface area contributed by atoms with Crippen LogP contribution < -0.4 is 5.32 Å². The summed E-state index contributed by atoms with van der Waals surface area (Å²) in [5, 5.41) is 12.0. The third kappa shape index (κ3) is 4.11. The van der Waals surface area contributed by atoms with E-state index in [1.54, 1.807) is 0 Å². The minimum absolute atomic E-state index is 0.0796. The number of rotatable bonds is 5. The van der Waals surface area contributed by atoms with Crippen molar-refractivity contribution in [1.29, 1.82) is 0 Å². The monoisotopic (exact) mass is 263 g/mol. The molecule has 0 fully saturated rings. The normalized spacial score (nSPS) is 22.8. The Kier molecular flexibility index (Phi) is 2.09. The van der Waals surface area contributed by atoms with E-state index in [1.165, 1.54) is 31.2 Å². The number of nitrogens with one attached hydrogen (secondary N) is 1. The lowest BCUT2D eigenvalue weighted by Gasteiger charge is -2.27. The van der Waals surface area contributed by atoms with E-state index in [9.17, 15) is 9.90 Å². The quantitative estimate of drug-likeness (QED) is 0.802. The highest BCUT2D eigenvalue weighted by Gasteiger charge is 2.23. The molecule has 0 radical (unpaired) electrons. The average Bonchev–Trinajstić information content (AvgIpc) is 2.39. The Morgan fingerprint density at radius 1 is 1.71 bits per heavy atom. The second-order valence-corrected chi connectivity index (χ2v) is 4.04. The average molecular weight is 264 g/mol. The molecule has 1 aromatic rings. The molecule has 0 saturated carbocycles. The van der Waals surface area contributed by atoms with Crippen molar-refractivity contribution < 1.29 is 20.9 Å². The molecule has 0 saturated heterocycles. The van der Waals surface area contributed by atoms with Gasteiger partial charge in [-0.2, -0.15) is 0 Å². The van der Waals surface area contributed by atoms with Gasteiger partial charge in [0.15, 0.2) is 5.78 Å². The van der Waals surface area contributed by atoms with Gasteiger partial charge in [-0.15, -0.1) is 0 Å². The van der Waals surface area contributed by atoms with Gasteiger partial charge in [-0.1, -0.05) is 23.7 Å². The van der Waals surface area contributed by atoms with Crippen molar-refractivity contribution in [3.8, 4) is 0 Å². The fraction of sp³-hybridized carbons (Fsp3) is 0.462. The highest BCUT2D eigenvalue weighted by atomic mass is 35.5. The summed E-state index contributed by atoms with van der Waals surface area (Å²) in [5.74, 6) is -0.704. The van der Waals surface area contributed by atoms with Crippen LogP contribution in [0.25, 0.3) is 0 Å². The Bertz CT molecular complexity index is 602. The summed E-state index contributed by atoms with van der Waals surface area (Å²) in [4.78, 5) is 12.5. The molecule has 1 aromatic carbocycles. The first kappa shape index (κ1) is 6.32. The second-order valence-electron chi connectivity index (χ2n) is 3.60. The molecule has 0 heterocycles. The van der Waals surface area contributed by atoms with Gasteiger partial charge in [0, 0.05) is 24.3 Å². The van der Waals surface area contributed by atoms with E-state index in [4.69, 9.17) is 22.6 Å². The molecule has 3 nitrogen and oxygen atoms in total. The van der Waals surface area contributed by atoms with Gasteiger partial charge in [-0.05, 0) is 32.8 Å². The molecule has 0 aliphatic carbocycles. The molecular formula is C13H18ClNO2. The topological polar surface area (TPSA) is 49.3 Å². The highest BCUT2D eigenvalue weighted by molar-refractivity contribution is 6.31. The van der Waals surface area contributed by atoms with Gasteiger partial charge in [0.1, 0.15) is 0 Å². The van der Waals surface area contributed by atoms with Gasteiger partial charge in [0.25, 0.3) is 0 Å². The number of benzene rings is 1. The number of ketones is 1. The van der Waals surface area contributed by atoms with Crippen LogP contribution in [0.3, 0.4) is 0 Å². The zero-order valence-corrected chi connectivity index (χ0v) is 9.88. The van der Waals surface area contributed by atoms with Gasteiger partial charge in [0.2, 0.25) is 0 Å². The third-order valence-electron chi connectivity index (χ3n) is 2.10. The largest absolute Gasteiger partial charge is 0.394 e. The first-order valence-corrected chi connectivity index (χ1v) is 5.22. The van der Waals surface area contributed by atoms with E-state index in [0.29, 0.717) is 0 Å². The molecule has 0 spiro atoms. The Morgan fingerprint density at radius 2 is 2.41 bits per heavy atom. The maximum absolute atomic E-state index is 12.5. The van der Waals surface area contributed by atoms with Crippen molar-refractivity contribution in [2.75, 3.05) is 6.56 Å². The number of carbonyl (C=O) groups excluding carboxylic acids is 1.